The highest BCUT2D eigenvalue weighted by Gasteiger charge is 2.20. The van der Waals surface area contributed by atoms with Crippen molar-refractivity contribution in [1.82, 2.24) is 14.9 Å². The van der Waals surface area contributed by atoms with E-state index in [0.29, 0.717) is 32.2 Å². The summed E-state index contributed by atoms with van der Waals surface area (Å²) in [6.07, 6.45) is 3.12. The predicted octanol–water partition coefficient (Wildman–Crippen LogP) is -0.374. The van der Waals surface area contributed by atoms with Crippen LogP contribution in [0.2, 0.25) is 0 Å². The summed E-state index contributed by atoms with van der Waals surface area (Å²) in [6.45, 7) is 3.03. The Labute approximate surface area is 116 Å². The van der Waals surface area contributed by atoms with Crippen LogP contribution in [0.15, 0.2) is 0 Å². The molecule has 0 heterocycles. The van der Waals surface area contributed by atoms with E-state index in [1.807, 2.05) is 19.0 Å². The molecular weight excluding hydrogens is 266 g/mol. The minimum atomic E-state index is -3.14. The van der Waals surface area contributed by atoms with Gasteiger partial charge in [-0.25, -0.2) is 13.1 Å². The number of rotatable bonds is 12. The van der Waals surface area contributed by atoms with E-state index >= 15 is 0 Å². The minimum absolute atomic E-state index is 0.185. The third kappa shape index (κ3) is 10.3. The third-order valence-electron chi connectivity index (χ3n) is 2.85. The fourth-order valence-corrected chi connectivity index (χ4v) is 2.61. The molecule has 19 heavy (non-hydrogen) atoms. The molecular formula is C12H27N3O3S. The Bertz CT molecular complexity index is 329. The molecule has 0 atom stereocenters. The molecule has 6 nitrogen and oxygen atoms in total. The van der Waals surface area contributed by atoms with E-state index in [2.05, 4.69) is 10.0 Å². The van der Waals surface area contributed by atoms with Gasteiger partial charge in [-0.3, -0.25) is 0 Å². The van der Waals surface area contributed by atoms with E-state index in [1.165, 1.54) is 12.8 Å². The molecule has 1 saturated carbocycles. The number of likely N-dealkylation sites (N-methyl/N-ethyl adjacent to an activating group) is 1. The van der Waals surface area contributed by atoms with Gasteiger partial charge in [0.15, 0.2) is 0 Å². The molecule has 7 heteroatoms. The van der Waals surface area contributed by atoms with Crippen LogP contribution in [0.5, 0.6) is 0 Å². The molecule has 0 saturated heterocycles. The molecule has 114 valence electrons. The van der Waals surface area contributed by atoms with Crippen LogP contribution in [0.4, 0.5) is 0 Å². The van der Waals surface area contributed by atoms with Crippen molar-refractivity contribution < 1.29 is 13.2 Å². The molecule has 0 aliphatic heterocycles. The lowest BCUT2D eigenvalue weighted by atomic mass is 10.5. The quantitative estimate of drug-likeness (QED) is 0.480. The lowest BCUT2D eigenvalue weighted by Gasteiger charge is -2.10. The number of nitrogens with one attached hydrogen (secondary N) is 2. The molecule has 0 aromatic rings. The van der Waals surface area contributed by atoms with Crippen molar-refractivity contribution in [3.63, 3.8) is 0 Å². The van der Waals surface area contributed by atoms with Crippen LogP contribution in [0.1, 0.15) is 19.3 Å². The molecule has 0 amide bonds. The lowest BCUT2D eigenvalue weighted by Crippen LogP contribution is -2.31. The first-order valence-corrected chi connectivity index (χ1v) is 8.58. The standard InChI is InChI=1S/C12H27N3O3S/c1-15(2)8-10-18-9-7-14-19(16,17)11-3-6-13-12-4-5-12/h12-14H,3-11H2,1-2H3. The Hall–Kier alpha value is -0.210. The molecule has 0 aromatic carbocycles. The zero-order valence-corrected chi connectivity index (χ0v) is 12.8. The van der Waals surface area contributed by atoms with Crippen molar-refractivity contribution >= 4 is 10.0 Å². The van der Waals surface area contributed by atoms with E-state index in [0.717, 1.165) is 13.1 Å². The summed E-state index contributed by atoms with van der Waals surface area (Å²) in [5, 5.41) is 3.30. The van der Waals surface area contributed by atoms with E-state index in [1.54, 1.807) is 0 Å². The maximum absolute atomic E-state index is 11.6. The van der Waals surface area contributed by atoms with E-state index in [-0.39, 0.29) is 5.75 Å². The largest absolute Gasteiger partial charge is 0.379 e. The van der Waals surface area contributed by atoms with Gasteiger partial charge in [0.2, 0.25) is 10.0 Å². The SMILES string of the molecule is CN(C)CCOCCNS(=O)(=O)CCCNC1CC1. The Balaban J connectivity index is 1.93. The number of hydrogen-bond acceptors (Lipinski definition) is 5. The van der Waals surface area contributed by atoms with Gasteiger partial charge in [-0.05, 0) is 39.9 Å². The maximum atomic E-state index is 11.6. The summed E-state index contributed by atoms with van der Waals surface area (Å²) in [5.74, 6) is 0.185. The highest BCUT2D eigenvalue weighted by atomic mass is 32.2. The Morgan fingerprint density at radius 2 is 1.95 bits per heavy atom. The predicted molar refractivity (Wildman–Crippen MR) is 76.8 cm³/mol. The van der Waals surface area contributed by atoms with Gasteiger partial charge in [-0.2, -0.15) is 0 Å². The summed E-state index contributed by atoms with van der Waals surface area (Å²) in [5.41, 5.74) is 0. The lowest BCUT2D eigenvalue weighted by molar-refractivity contribution is 0.122. The Morgan fingerprint density at radius 3 is 2.58 bits per heavy atom. The topological polar surface area (TPSA) is 70.7 Å². The molecule has 2 N–H and O–H groups in total. The van der Waals surface area contributed by atoms with Crippen molar-refractivity contribution in [3.05, 3.63) is 0 Å². The van der Waals surface area contributed by atoms with Crippen LogP contribution in [0, 0.1) is 0 Å². The number of hydrogen-bond donors (Lipinski definition) is 2. The maximum Gasteiger partial charge on any atom is 0.211 e. The first-order chi connectivity index (χ1) is 8.99. The number of nitrogens with zero attached hydrogens (tertiary/aromatic N) is 1. The molecule has 1 aliphatic carbocycles. The molecule has 0 spiro atoms. The summed E-state index contributed by atoms with van der Waals surface area (Å²) < 4.78 is 31.1. The van der Waals surface area contributed by atoms with Crippen molar-refractivity contribution in [1.29, 1.82) is 0 Å². The van der Waals surface area contributed by atoms with Crippen molar-refractivity contribution in [2.24, 2.45) is 0 Å². The molecule has 0 bridgehead atoms. The zero-order chi connectivity index (χ0) is 14.1. The first kappa shape index (κ1) is 16.8. The summed E-state index contributed by atoms with van der Waals surface area (Å²) in [4.78, 5) is 2.02. The molecule has 1 aliphatic rings. The van der Waals surface area contributed by atoms with Gasteiger partial charge in [0.05, 0.1) is 19.0 Å². The number of sulfonamides is 1. The molecule has 0 unspecified atom stereocenters. The Kier molecular flexibility index (Phi) is 7.86. The minimum Gasteiger partial charge on any atom is -0.379 e. The van der Waals surface area contributed by atoms with Crippen LogP contribution in [0.25, 0.3) is 0 Å². The van der Waals surface area contributed by atoms with Crippen molar-refractivity contribution in [2.75, 3.05) is 52.7 Å². The molecule has 0 radical (unpaired) electrons. The molecule has 1 rings (SSSR count). The van der Waals surface area contributed by atoms with Gasteiger partial charge in [0.25, 0.3) is 0 Å². The summed E-state index contributed by atoms with van der Waals surface area (Å²) in [7, 11) is 0.805. The molecule has 1 fully saturated rings. The van der Waals surface area contributed by atoms with Crippen LogP contribution in [0.3, 0.4) is 0 Å². The average Bonchev–Trinajstić information content (AvgIpc) is 3.13. The van der Waals surface area contributed by atoms with Gasteiger partial charge in [-0.15, -0.1) is 0 Å². The van der Waals surface area contributed by atoms with Gasteiger partial charge < -0.3 is 15.0 Å². The van der Waals surface area contributed by atoms with E-state index in [4.69, 9.17) is 4.74 Å². The smallest absolute Gasteiger partial charge is 0.211 e. The van der Waals surface area contributed by atoms with Crippen LogP contribution in [-0.4, -0.2) is 72.1 Å². The summed E-state index contributed by atoms with van der Waals surface area (Å²) in [6, 6.07) is 0.640. The van der Waals surface area contributed by atoms with Crippen molar-refractivity contribution in [2.45, 2.75) is 25.3 Å². The fraction of sp³-hybridized carbons (Fsp3) is 1.00. The summed E-state index contributed by atoms with van der Waals surface area (Å²) >= 11 is 0. The second-order valence-corrected chi connectivity index (χ2v) is 7.14. The van der Waals surface area contributed by atoms with Crippen molar-refractivity contribution in [3.8, 4) is 0 Å². The van der Waals surface area contributed by atoms with Gasteiger partial charge in [-0.1, -0.05) is 0 Å². The zero-order valence-electron chi connectivity index (χ0n) is 12.0. The fourth-order valence-electron chi connectivity index (χ4n) is 1.55. The van der Waals surface area contributed by atoms with Gasteiger partial charge >= 0.3 is 0 Å². The van der Waals surface area contributed by atoms with E-state index < -0.39 is 10.0 Å². The molecule has 0 aromatic heterocycles. The monoisotopic (exact) mass is 293 g/mol. The van der Waals surface area contributed by atoms with Crippen LogP contribution < -0.4 is 10.0 Å². The van der Waals surface area contributed by atoms with Gasteiger partial charge in [0, 0.05) is 19.1 Å². The highest BCUT2D eigenvalue weighted by molar-refractivity contribution is 7.89. The number of ether oxygens (including phenoxy) is 1. The average molecular weight is 293 g/mol. The second-order valence-electron chi connectivity index (χ2n) is 5.21. The van der Waals surface area contributed by atoms with Crippen LogP contribution in [-0.2, 0) is 14.8 Å². The van der Waals surface area contributed by atoms with Crippen LogP contribution >= 0.6 is 0 Å². The third-order valence-corrected chi connectivity index (χ3v) is 4.32. The Morgan fingerprint density at radius 1 is 1.21 bits per heavy atom. The normalized spacial score (nSPS) is 16.2. The van der Waals surface area contributed by atoms with Gasteiger partial charge in [0.1, 0.15) is 0 Å². The first-order valence-electron chi connectivity index (χ1n) is 6.93. The second kappa shape index (κ2) is 8.86. The van der Waals surface area contributed by atoms with E-state index in [9.17, 15) is 8.42 Å². The highest BCUT2D eigenvalue weighted by Crippen LogP contribution is 2.18.